The lowest BCUT2D eigenvalue weighted by molar-refractivity contribution is -0.186. The maximum absolute atomic E-state index is 5.79. The second kappa shape index (κ2) is 2.94. The van der Waals surface area contributed by atoms with Crippen LogP contribution in [0.25, 0.3) is 0 Å². The van der Waals surface area contributed by atoms with Crippen LogP contribution >= 0.6 is 0 Å². The molecule has 2 rings (SSSR count). The van der Waals surface area contributed by atoms with Crippen molar-refractivity contribution in [2.45, 2.75) is 25.8 Å². The van der Waals surface area contributed by atoms with Gasteiger partial charge in [-0.05, 0) is 11.8 Å². The fourth-order valence-electron chi connectivity index (χ4n) is 2.20. The molecule has 0 amide bonds. The van der Waals surface area contributed by atoms with Gasteiger partial charge in [0.05, 0.1) is 18.8 Å². The van der Waals surface area contributed by atoms with E-state index in [1.807, 2.05) is 0 Å². The van der Waals surface area contributed by atoms with Gasteiger partial charge < -0.3 is 10.5 Å². The van der Waals surface area contributed by atoms with Crippen molar-refractivity contribution in [3.05, 3.63) is 0 Å². The second-order valence-corrected chi connectivity index (χ2v) is 4.94. The number of ether oxygens (including phenoxy) is 1. The summed E-state index contributed by atoms with van der Waals surface area (Å²) in [7, 11) is 0. The zero-order valence-electron chi connectivity index (χ0n) is 8.68. The standard InChI is InChI=1S/C10H20N2O/c1-3-9(2)5-12(6-9)10(4-11)7-13-8-10/h3-8,11H2,1-2H3. The Bertz CT molecular complexity index is 190. The molecule has 13 heavy (non-hydrogen) atoms. The first-order valence-corrected chi connectivity index (χ1v) is 5.17. The first-order valence-electron chi connectivity index (χ1n) is 5.17. The zero-order valence-corrected chi connectivity index (χ0v) is 8.68. The molecule has 2 N–H and O–H groups in total. The number of hydrogen-bond donors (Lipinski definition) is 1. The molecule has 3 nitrogen and oxygen atoms in total. The summed E-state index contributed by atoms with van der Waals surface area (Å²) in [6.07, 6.45) is 1.27. The van der Waals surface area contributed by atoms with Gasteiger partial charge in [0.2, 0.25) is 0 Å². The van der Waals surface area contributed by atoms with Gasteiger partial charge in [-0.15, -0.1) is 0 Å². The molecule has 0 aromatic heterocycles. The normalized spacial score (nSPS) is 30.7. The molecule has 0 radical (unpaired) electrons. The maximum Gasteiger partial charge on any atom is 0.0802 e. The fourth-order valence-corrected chi connectivity index (χ4v) is 2.20. The number of rotatable bonds is 3. The van der Waals surface area contributed by atoms with Crippen molar-refractivity contribution in [1.29, 1.82) is 0 Å². The van der Waals surface area contributed by atoms with Crippen LogP contribution in [0.4, 0.5) is 0 Å². The molecule has 0 bridgehead atoms. The molecule has 0 aromatic rings. The van der Waals surface area contributed by atoms with Crippen molar-refractivity contribution in [3.8, 4) is 0 Å². The lowest BCUT2D eigenvalue weighted by Gasteiger charge is -2.60. The van der Waals surface area contributed by atoms with Crippen LogP contribution in [-0.2, 0) is 4.74 Å². The van der Waals surface area contributed by atoms with Crippen LogP contribution in [0.3, 0.4) is 0 Å². The van der Waals surface area contributed by atoms with Gasteiger partial charge in [-0.2, -0.15) is 0 Å². The summed E-state index contributed by atoms with van der Waals surface area (Å²) in [5.41, 5.74) is 6.53. The quantitative estimate of drug-likeness (QED) is 0.692. The predicted molar refractivity (Wildman–Crippen MR) is 52.6 cm³/mol. The van der Waals surface area contributed by atoms with Gasteiger partial charge in [-0.25, -0.2) is 0 Å². The van der Waals surface area contributed by atoms with Crippen molar-refractivity contribution in [2.24, 2.45) is 11.1 Å². The third-order valence-electron chi connectivity index (χ3n) is 3.79. The highest BCUT2D eigenvalue weighted by Crippen LogP contribution is 2.40. The van der Waals surface area contributed by atoms with Crippen LogP contribution in [-0.4, -0.2) is 43.3 Å². The molecule has 3 heteroatoms. The van der Waals surface area contributed by atoms with Crippen LogP contribution in [0.15, 0.2) is 0 Å². The maximum atomic E-state index is 5.79. The SMILES string of the molecule is CCC1(C)CN(C2(CN)COC2)C1. The molecule has 2 aliphatic heterocycles. The van der Waals surface area contributed by atoms with Gasteiger partial charge in [0.25, 0.3) is 0 Å². The van der Waals surface area contributed by atoms with Crippen LogP contribution in [0.5, 0.6) is 0 Å². The Labute approximate surface area is 80.2 Å². The van der Waals surface area contributed by atoms with Crippen LogP contribution in [0.2, 0.25) is 0 Å². The van der Waals surface area contributed by atoms with E-state index in [1.165, 1.54) is 19.5 Å². The fraction of sp³-hybridized carbons (Fsp3) is 1.00. The van der Waals surface area contributed by atoms with E-state index >= 15 is 0 Å². The van der Waals surface area contributed by atoms with Crippen LogP contribution < -0.4 is 5.73 Å². The number of likely N-dealkylation sites (tertiary alicyclic amines) is 1. The van der Waals surface area contributed by atoms with Crippen molar-refractivity contribution in [2.75, 3.05) is 32.8 Å². The molecule has 2 heterocycles. The molecule has 2 fully saturated rings. The van der Waals surface area contributed by atoms with E-state index in [0.717, 1.165) is 19.8 Å². The molecule has 0 atom stereocenters. The van der Waals surface area contributed by atoms with Crippen molar-refractivity contribution in [3.63, 3.8) is 0 Å². The van der Waals surface area contributed by atoms with E-state index in [1.54, 1.807) is 0 Å². The minimum Gasteiger partial charge on any atom is -0.377 e. The molecular weight excluding hydrogens is 164 g/mol. The zero-order chi connectivity index (χ0) is 9.53. The molecular formula is C10H20N2O. The lowest BCUT2D eigenvalue weighted by atomic mass is 9.75. The van der Waals surface area contributed by atoms with Crippen LogP contribution in [0, 0.1) is 5.41 Å². The van der Waals surface area contributed by atoms with E-state index < -0.39 is 0 Å². The highest BCUT2D eigenvalue weighted by Gasteiger charge is 2.51. The monoisotopic (exact) mass is 184 g/mol. The largest absolute Gasteiger partial charge is 0.377 e. The predicted octanol–water partition coefficient (Wildman–Crippen LogP) is 0.446. The van der Waals surface area contributed by atoms with Gasteiger partial charge in [0, 0.05) is 19.6 Å². The highest BCUT2D eigenvalue weighted by atomic mass is 16.5. The van der Waals surface area contributed by atoms with Gasteiger partial charge in [0.1, 0.15) is 0 Å². The summed E-state index contributed by atoms with van der Waals surface area (Å²) in [6.45, 7) is 9.43. The summed E-state index contributed by atoms with van der Waals surface area (Å²) in [5.74, 6) is 0. The summed E-state index contributed by atoms with van der Waals surface area (Å²) in [6, 6.07) is 0. The first kappa shape index (κ1) is 9.44. The summed E-state index contributed by atoms with van der Waals surface area (Å²) < 4.78 is 5.27. The second-order valence-electron chi connectivity index (χ2n) is 4.94. The van der Waals surface area contributed by atoms with E-state index in [0.29, 0.717) is 5.41 Å². The van der Waals surface area contributed by atoms with Crippen molar-refractivity contribution in [1.82, 2.24) is 4.90 Å². The van der Waals surface area contributed by atoms with Gasteiger partial charge >= 0.3 is 0 Å². The molecule has 0 unspecified atom stereocenters. The Kier molecular flexibility index (Phi) is 2.13. The summed E-state index contributed by atoms with van der Waals surface area (Å²) >= 11 is 0. The van der Waals surface area contributed by atoms with Crippen LogP contribution in [0.1, 0.15) is 20.3 Å². The molecule has 0 saturated carbocycles. The smallest absolute Gasteiger partial charge is 0.0802 e. The Balaban J connectivity index is 1.91. The number of nitrogens with two attached hydrogens (primary N) is 1. The summed E-state index contributed by atoms with van der Waals surface area (Å²) in [5, 5.41) is 0. The van der Waals surface area contributed by atoms with Gasteiger partial charge in [0.15, 0.2) is 0 Å². The molecule has 0 spiro atoms. The Morgan fingerprint density at radius 3 is 2.31 bits per heavy atom. The first-order chi connectivity index (χ1) is 6.14. The Hall–Kier alpha value is -0.120. The molecule has 76 valence electrons. The van der Waals surface area contributed by atoms with E-state index in [4.69, 9.17) is 10.5 Å². The van der Waals surface area contributed by atoms with Gasteiger partial charge in [-0.1, -0.05) is 13.8 Å². The highest BCUT2D eigenvalue weighted by molar-refractivity contribution is 5.05. The molecule has 2 saturated heterocycles. The van der Waals surface area contributed by atoms with E-state index in [9.17, 15) is 0 Å². The Morgan fingerprint density at radius 2 is 2.00 bits per heavy atom. The average molecular weight is 184 g/mol. The molecule has 0 aromatic carbocycles. The van der Waals surface area contributed by atoms with Crippen molar-refractivity contribution >= 4 is 0 Å². The number of hydrogen-bond acceptors (Lipinski definition) is 3. The summed E-state index contributed by atoms with van der Waals surface area (Å²) in [4.78, 5) is 2.50. The lowest BCUT2D eigenvalue weighted by Crippen LogP contribution is -2.74. The topological polar surface area (TPSA) is 38.5 Å². The minimum absolute atomic E-state index is 0.203. The van der Waals surface area contributed by atoms with E-state index in [2.05, 4.69) is 18.7 Å². The molecule has 2 aliphatic rings. The average Bonchev–Trinajstić information content (AvgIpc) is 2.00. The van der Waals surface area contributed by atoms with E-state index in [-0.39, 0.29) is 5.54 Å². The third kappa shape index (κ3) is 1.30. The number of nitrogens with zero attached hydrogens (tertiary/aromatic N) is 1. The minimum atomic E-state index is 0.203. The third-order valence-corrected chi connectivity index (χ3v) is 3.79. The van der Waals surface area contributed by atoms with Gasteiger partial charge in [-0.3, -0.25) is 4.90 Å². The Morgan fingerprint density at radius 1 is 1.38 bits per heavy atom. The van der Waals surface area contributed by atoms with Crippen molar-refractivity contribution < 1.29 is 4.74 Å². The molecule has 0 aliphatic carbocycles.